The van der Waals surface area contributed by atoms with Crippen LogP contribution in [0.1, 0.15) is 24.2 Å². The van der Waals surface area contributed by atoms with Crippen molar-refractivity contribution in [1.82, 2.24) is 9.97 Å². The number of nitrogens with one attached hydrogen (secondary N) is 2. The quantitative estimate of drug-likeness (QED) is 0.221. The maximum absolute atomic E-state index is 12.7. The summed E-state index contributed by atoms with van der Waals surface area (Å²) in [6.45, 7) is 3.55. The van der Waals surface area contributed by atoms with Gasteiger partial charge in [-0.15, -0.1) is 11.3 Å². The Kier molecular flexibility index (Phi) is 6.90. The number of aromatic nitrogens is 2. The maximum atomic E-state index is 12.7. The summed E-state index contributed by atoms with van der Waals surface area (Å²) < 4.78 is 5.18. The van der Waals surface area contributed by atoms with Gasteiger partial charge < -0.3 is 15.0 Å². The second kappa shape index (κ2) is 10.0. The maximum Gasteiger partial charge on any atom is 0.338 e. The van der Waals surface area contributed by atoms with Gasteiger partial charge in [0, 0.05) is 16.6 Å². The van der Waals surface area contributed by atoms with E-state index < -0.39 is 5.97 Å². The molecule has 0 saturated heterocycles. The SMILES string of the molecule is CC(C)OC(=O)c1cccc(NC(=O)CSc2nc3scc(-c4ccccc4)c3c(=O)[nH]2)c1. The minimum absolute atomic E-state index is 0.0477. The Bertz CT molecular complexity index is 1360. The first-order valence-corrected chi connectivity index (χ1v) is 12.1. The molecule has 0 radical (unpaired) electrons. The molecule has 0 aliphatic heterocycles. The van der Waals surface area contributed by atoms with Crippen LogP contribution in [0.4, 0.5) is 5.69 Å². The Morgan fingerprint density at radius 3 is 2.70 bits per heavy atom. The first-order chi connectivity index (χ1) is 15.9. The summed E-state index contributed by atoms with van der Waals surface area (Å²) >= 11 is 2.53. The third-order valence-corrected chi connectivity index (χ3v) is 6.32. The van der Waals surface area contributed by atoms with Crippen molar-refractivity contribution in [3.05, 3.63) is 75.9 Å². The average Bonchev–Trinajstić information content (AvgIpc) is 3.23. The summed E-state index contributed by atoms with van der Waals surface area (Å²) in [5.41, 5.74) is 2.41. The second-order valence-corrected chi connectivity index (χ2v) is 9.26. The van der Waals surface area contributed by atoms with Crippen LogP contribution in [0.5, 0.6) is 0 Å². The molecule has 4 rings (SSSR count). The van der Waals surface area contributed by atoms with E-state index in [0.29, 0.717) is 26.6 Å². The highest BCUT2D eigenvalue weighted by atomic mass is 32.2. The molecule has 2 aromatic carbocycles. The second-order valence-electron chi connectivity index (χ2n) is 7.44. The van der Waals surface area contributed by atoms with Crippen molar-refractivity contribution in [2.24, 2.45) is 0 Å². The summed E-state index contributed by atoms with van der Waals surface area (Å²) in [7, 11) is 0. The van der Waals surface area contributed by atoms with Gasteiger partial charge in [-0.25, -0.2) is 9.78 Å². The van der Waals surface area contributed by atoms with Crippen LogP contribution in [-0.4, -0.2) is 33.7 Å². The number of H-pyrrole nitrogens is 1. The molecule has 0 atom stereocenters. The fourth-order valence-corrected chi connectivity index (χ4v) is 4.83. The minimum Gasteiger partial charge on any atom is -0.459 e. The highest BCUT2D eigenvalue weighted by Crippen LogP contribution is 2.31. The first-order valence-electron chi connectivity index (χ1n) is 10.2. The monoisotopic (exact) mass is 479 g/mol. The van der Waals surface area contributed by atoms with Gasteiger partial charge in [0.25, 0.3) is 5.56 Å². The van der Waals surface area contributed by atoms with E-state index in [9.17, 15) is 14.4 Å². The summed E-state index contributed by atoms with van der Waals surface area (Å²) in [5.74, 6) is -0.684. The lowest BCUT2D eigenvalue weighted by molar-refractivity contribution is -0.113. The van der Waals surface area contributed by atoms with Crippen molar-refractivity contribution in [2.45, 2.75) is 25.1 Å². The van der Waals surface area contributed by atoms with Crippen LogP contribution in [0.3, 0.4) is 0 Å². The number of fused-ring (bicyclic) bond motifs is 1. The standard InChI is InChI=1S/C24H21N3O4S2/c1-14(2)31-23(30)16-9-6-10-17(11-16)25-19(28)13-33-24-26-21(29)20-18(12-32-22(20)27-24)15-7-4-3-5-8-15/h3-12,14H,13H2,1-2H3,(H,25,28)(H,26,27,29). The molecule has 0 bridgehead atoms. The lowest BCUT2D eigenvalue weighted by atomic mass is 10.1. The Balaban J connectivity index is 1.43. The van der Waals surface area contributed by atoms with Crippen LogP contribution in [0.15, 0.2) is 69.9 Å². The van der Waals surface area contributed by atoms with Crippen LogP contribution in [-0.2, 0) is 9.53 Å². The molecule has 0 spiro atoms. The molecule has 0 saturated carbocycles. The molecule has 1 amide bonds. The predicted octanol–water partition coefficient (Wildman–Crippen LogP) is 4.95. The van der Waals surface area contributed by atoms with Crippen molar-refractivity contribution in [2.75, 3.05) is 11.1 Å². The Morgan fingerprint density at radius 1 is 1.15 bits per heavy atom. The van der Waals surface area contributed by atoms with Crippen molar-refractivity contribution in [3.8, 4) is 11.1 Å². The number of nitrogens with zero attached hydrogens (tertiary/aromatic N) is 1. The molecule has 33 heavy (non-hydrogen) atoms. The van der Waals surface area contributed by atoms with E-state index in [1.54, 1.807) is 38.1 Å². The van der Waals surface area contributed by atoms with Crippen molar-refractivity contribution < 1.29 is 14.3 Å². The lowest BCUT2D eigenvalue weighted by Gasteiger charge is -2.09. The normalized spacial score (nSPS) is 11.0. The van der Waals surface area contributed by atoms with Gasteiger partial charge in [-0.05, 0) is 37.6 Å². The number of thioether (sulfide) groups is 1. The number of carbonyl (C=O) groups excluding carboxylic acids is 2. The number of thiophene rings is 1. The van der Waals surface area contributed by atoms with Crippen molar-refractivity contribution >= 4 is 50.9 Å². The molecule has 9 heteroatoms. The van der Waals surface area contributed by atoms with Gasteiger partial charge in [-0.1, -0.05) is 48.2 Å². The summed E-state index contributed by atoms with van der Waals surface area (Å²) in [6.07, 6.45) is -0.230. The highest BCUT2D eigenvalue weighted by Gasteiger charge is 2.15. The zero-order valence-electron chi connectivity index (χ0n) is 18.0. The fraction of sp³-hybridized carbons (Fsp3) is 0.167. The molecular formula is C24H21N3O4S2. The fourth-order valence-electron chi connectivity index (χ4n) is 3.16. The number of anilines is 1. The zero-order chi connectivity index (χ0) is 23.4. The molecule has 2 aromatic heterocycles. The average molecular weight is 480 g/mol. The third kappa shape index (κ3) is 5.50. The summed E-state index contributed by atoms with van der Waals surface area (Å²) in [4.78, 5) is 45.1. The smallest absolute Gasteiger partial charge is 0.338 e. The lowest BCUT2D eigenvalue weighted by Crippen LogP contribution is -2.16. The van der Waals surface area contributed by atoms with E-state index in [-0.39, 0.29) is 23.3 Å². The van der Waals surface area contributed by atoms with E-state index in [4.69, 9.17) is 4.74 Å². The van der Waals surface area contributed by atoms with Crippen LogP contribution in [0.2, 0.25) is 0 Å². The molecule has 0 aliphatic rings. The number of rotatable bonds is 7. The number of carbonyl (C=O) groups is 2. The van der Waals surface area contributed by atoms with Crippen molar-refractivity contribution in [3.63, 3.8) is 0 Å². The number of hydrogen-bond acceptors (Lipinski definition) is 7. The highest BCUT2D eigenvalue weighted by molar-refractivity contribution is 7.99. The Morgan fingerprint density at radius 2 is 1.94 bits per heavy atom. The predicted molar refractivity (Wildman–Crippen MR) is 132 cm³/mol. The van der Waals surface area contributed by atoms with Crippen molar-refractivity contribution in [1.29, 1.82) is 0 Å². The van der Waals surface area contributed by atoms with Gasteiger partial charge in [0.1, 0.15) is 4.83 Å². The molecule has 0 fully saturated rings. The zero-order valence-corrected chi connectivity index (χ0v) is 19.6. The Labute approximate surface area is 198 Å². The van der Waals surface area contributed by atoms with E-state index in [2.05, 4.69) is 15.3 Å². The van der Waals surface area contributed by atoms with Gasteiger partial charge in [0.2, 0.25) is 5.91 Å². The number of ether oxygens (including phenoxy) is 1. The molecule has 0 aliphatic carbocycles. The molecule has 4 aromatic rings. The van der Waals surface area contributed by atoms with E-state index in [1.165, 1.54) is 11.3 Å². The molecule has 7 nitrogen and oxygen atoms in total. The topological polar surface area (TPSA) is 101 Å². The Hall–Kier alpha value is -3.43. The number of amides is 1. The van der Waals surface area contributed by atoms with E-state index in [0.717, 1.165) is 22.9 Å². The number of aromatic amines is 1. The van der Waals surface area contributed by atoms with Gasteiger partial charge in [0.05, 0.1) is 22.8 Å². The van der Waals surface area contributed by atoms with Gasteiger partial charge in [-0.3, -0.25) is 9.59 Å². The van der Waals surface area contributed by atoms with Crippen LogP contribution < -0.4 is 10.9 Å². The third-order valence-electron chi connectivity index (χ3n) is 4.57. The molecule has 168 valence electrons. The molecular weight excluding hydrogens is 458 g/mol. The number of hydrogen-bond donors (Lipinski definition) is 2. The summed E-state index contributed by atoms with van der Waals surface area (Å²) in [6, 6.07) is 16.2. The summed E-state index contributed by atoms with van der Waals surface area (Å²) in [5, 5.41) is 5.59. The molecule has 2 N–H and O–H groups in total. The van der Waals surface area contributed by atoms with E-state index >= 15 is 0 Å². The van der Waals surface area contributed by atoms with Gasteiger partial charge in [0.15, 0.2) is 5.16 Å². The van der Waals surface area contributed by atoms with Crippen LogP contribution in [0.25, 0.3) is 21.3 Å². The van der Waals surface area contributed by atoms with Crippen LogP contribution >= 0.6 is 23.1 Å². The molecule has 2 heterocycles. The molecule has 0 unspecified atom stereocenters. The van der Waals surface area contributed by atoms with Gasteiger partial charge in [-0.2, -0.15) is 0 Å². The van der Waals surface area contributed by atoms with Crippen LogP contribution in [0, 0.1) is 0 Å². The number of esters is 1. The number of benzene rings is 2. The largest absolute Gasteiger partial charge is 0.459 e. The van der Waals surface area contributed by atoms with E-state index in [1.807, 2.05) is 35.7 Å². The minimum atomic E-state index is -0.448. The first kappa shape index (κ1) is 22.8. The van der Waals surface area contributed by atoms with Gasteiger partial charge >= 0.3 is 5.97 Å².